The van der Waals surface area contributed by atoms with Crippen LogP contribution in [-0.2, 0) is 4.79 Å². The maximum Gasteiger partial charge on any atom is 0.232 e. The number of nitrogens with one attached hydrogen (secondary N) is 1. The van der Waals surface area contributed by atoms with E-state index in [0.29, 0.717) is 22.7 Å². The van der Waals surface area contributed by atoms with Crippen LogP contribution in [0.15, 0.2) is 42.6 Å². The molecule has 25 heavy (non-hydrogen) atoms. The number of pyridine rings is 1. The summed E-state index contributed by atoms with van der Waals surface area (Å²) in [4.78, 5) is 17.2. The first-order valence-electron chi connectivity index (χ1n) is 7.94. The highest BCUT2D eigenvalue weighted by Crippen LogP contribution is 2.32. The third-order valence-electron chi connectivity index (χ3n) is 4.08. The van der Waals surface area contributed by atoms with Crippen molar-refractivity contribution in [2.75, 3.05) is 11.2 Å². The normalized spacial score (nSPS) is 11.7. The number of aryl methyl sites for hydroxylation is 1. The van der Waals surface area contributed by atoms with Gasteiger partial charge in [0.1, 0.15) is 23.0 Å². The summed E-state index contributed by atoms with van der Waals surface area (Å²) >= 11 is 5.91. The Bertz CT molecular complexity index is 949. The third-order valence-corrected chi connectivity index (χ3v) is 4.74. The summed E-state index contributed by atoms with van der Waals surface area (Å²) in [5.74, 6) is -0.0333. The van der Waals surface area contributed by atoms with Crippen LogP contribution < -0.4 is 5.32 Å². The van der Waals surface area contributed by atoms with E-state index in [4.69, 9.17) is 11.6 Å². The minimum atomic E-state index is -0.762. The molecule has 0 fully saturated rings. The highest BCUT2D eigenvalue weighted by molar-refractivity contribution is 6.20. The minimum absolute atomic E-state index is 0.170. The van der Waals surface area contributed by atoms with E-state index in [1.54, 1.807) is 36.4 Å². The van der Waals surface area contributed by atoms with Gasteiger partial charge in [-0.05, 0) is 44.5 Å². The molecule has 130 valence electrons. The van der Waals surface area contributed by atoms with E-state index >= 15 is 0 Å². The van der Waals surface area contributed by atoms with E-state index in [0.717, 1.165) is 5.56 Å². The summed E-state index contributed by atoms with van der Waals surface area (Å²) < 4.78 is 16.1. The number of anilines is 1. The molecule has 3 rings (SSSR count). The van der Waals surface area contributed by atoms with Crippen molar-refractivity contribution < 1.29 is 9.18 Å². The van der Waals surface area contributed by atoms with Gasteiger partial charge >= 0.3 is 0 Å². The lowest BCUT2D eigenvalue weighted by Gasteiger charge is -2.20. The lowest BCUT2D eigenvalue weighted by atomic mass is 9.95. The summed E-state index contributed by atoms with van der Waals surface area (Å²) in [7, 11) is 0. The second-order valence-electron chi connectivity index (χ2n) is 6.70. The van der Waals surface area contributed by atoms with Gasteiger partial charge in [-0.1, -0.05) is 18.2 Å². The number of halogens is 2. The van der Waals surface area contributed by atoms with Gasteiger partial charge in [0, 0.05) is 17.6 Å². The molecule has 0 aliphatic carbocycles. The Kier molecular flexibility index (Phi) is 4.52. The van der Waals surface area contributed by atoms with Gasteiger partial charge in [-0.25, -0.2) is 9.37 Å². The van der Waals surface area contributed by atoms with Crippen molar-refractivity contribution in [1.29, 1.82) is 0 Å². The van der Waals surface area contributed by atoms with Gasteiger partial charge in [0.2, 0.25) is 5.91 Å². The fourth-order valence-electron chi connectivity index (χ4n) is 2.45. The van der Waals surface area contributed by atoms with Crippen LogP contribution in [-0.4, -0.2) is 21.2 Å². The van der Waals surface area contributed by atoms with Gasteiger partial charge in [0.15, 0.2) is 0 Å². The monoisotopic (exact) mass is 359 g/mol. The first-order chi connectivity index (χ1) is 11.8. The fraction of sp³-hybridized carbons (Fsp3) is 0.263. The van der Waals surface area contributed by atoms with Crippen molar-refractivity contribution in [3.05, 3.63) is 54.0 Å². The average molecular weight is 360 g/mol. The molecule has 0 atom stereocenters. The number of imidazole rings is 1. The summed E-state index contributed by atoms with van der Waals surface area (Å²) in [6, 6.07) is 10.1. The molecule has 6 heteroatoms. The summed E-state index contributed by atoms with van der Waals surface area (Å²) in [5.41, 5.74) is 1.59. The van der Waals surface area contributed by atoms with E-state index in [2.05, 4.69) is 10.3 Å². The Morgan fingerprint density at radius 1 is 1.28 bits per heavy atom. The Labute approximate surface area is 150 Å². The molecular weight excluding hydrogens is 341 g/mol. The Hall–Kier alpha value is -2.40. The standard InChI is InChI=1S/C19H19ClFN3O/c1-12-8-9-15-22-16(13-6-4-5-7-14(13)21)17(24(15)10-12)23-18(25)19(2,3)11-20/h4-10H,11H2,1-3H3,(H,23,25). The predicted octanol–water partition coefficient (Wildman–Crippen LogP) is 4.65. The lowest BCUT2D eigenvalue weighted by Crippen LogP contribution is -2.32. The second kappa shape index (κ2) is 6.48. The maximum absolute atomic E-state index is 14.3. The summed E-state index contributed by atoms with van der Waals surface area (Å²) in [6.45, 7) is 5.45. The van der Waals surface area contributed by atoms with Gasteiger partial charge < -0.3 is 5.32 Å². The van der Waals surface area contributed by atoms with Gasteiger partial charge in [0.05, 0.1) is 5.41 Å². The predicted molar refractivity (Wildman–Crippen MR) is 98.5 cm³/mol. The number of hydrogen-bond acceptors (Lipinski definition) is 2. The third kappa shape index (κ3) is 3.24. The summed E-state index contributed by atoms with van der Waals surface area (Å²) in [6.07, 6.45) is 1.86. The lowest BCUT2D eigenvalue weighted by molar-refractivity contribution is -0.123. The molecular formula is C19H19ClFN3O. The molecule has 0 spiro atoms. The Balaban J connectivity index is 2.20. The minimum Gasteiger partial charge on any atom is -0.309 e. The van der Waals surface area contributed by atoms with E-state index < -0.39 is 11.2 Å². The molecule has 0 saturated heterocycles. The number of hydrogen-bond donors (Lipinski definition) is 1. The number of fused-ring (bicyclic) bond motifs is 1. The van der Waals surface area contributed by atoms with Crippen molar-refractivity contribution in [1.82, 2.24) is 9.38 Å². The molecule has 1 aromatic carbocycles. The van der Waals surface area contributed by atoms with Crippen molar-refractivity contribution in [2.24, 2.45) is 5.41 Å². The number of carbonyl (C=O) groups is 1. The highest BCUT2D eigenvalue weighted by atomic mass is 35.5. The smallest absolute Gasteiger partial charge is 0.232 e. The number of benzene rings is 1. The molecule has 4 nitrogen and oxygen atoms in total. The number of aromatic nitrogens is 2. The second-order valence-corrected chi connectivity index (χ2v) is 6.96. The van der Waals surface area contributed by atoms with Crippen molar-refractivity contribution >= 4 is 29.0 Å². The Morgan fingerprint density at radius 2 is 2.00 bits per heavy atom. The first kappa shape index (κ1) is 17.4. The average Bonchev–Trinajstić information content (AvgIpc) is 2.93. The van der Waals surface area contributed by atoms with Crippen molar-refractivity contribution in [3.8, 4) is 11.3 Å². The van der Waals surface area contributed by atoms with Gasteiger partial charge in [0.25, 0.3) is 0 Å². The topological polar surface area (TPSA) is 46.4 Å². The zero-order valence-electron chi connectivity index (χ0n) is 14.3. The van der Waals surface area contributed by atoms with Crippen LogP contribution >= 0.6 is 11.6 Å². The number of carbonyl (C=O) groups excluding carboxylic acids is 1. The van der Waals surface area contributed by atoms with Crippen molar-refractivity contribution in [2.45, 2.75) is 20.8 Å². The van der Waals surface area contributed by atoms with Crippen molar-refractivity contribution in [3.63, 3.8) is 0 Å². The van der Waals surface area contributed by atoms with Crippen LogP contribution in [0, 0.1) is 18.2 Å². The number of nitrogens with zero attached hydrogens (tertiary/aromatic N) is 2. The molecule has 2 heterocycles. The van der Waals surface area contributed by atoms with Crippen LogP contribution in [0.2, 0.25) is 0 Å². The molecule has 3 aromatic rings. The molecule has 0 radical (unpaired) electrons. The van der Waals surface area contributed by atoms with Crippen LogP contribution in [0.3, 0.4) is 0 Å². The number of alkyl halides is 1. The number of rotatable bonds is 4. The fourth-order valence-corrected chi connectivity index (χ4v) is 2.57. The highest BCUT2D eigenvalue weighted by Gasteiger charge is 2.29. The quantitative estimate of drug-likeness (QED) is 0.689. The molecule has 0 bridgehead atoms. The largest absolute Gasteiger partial charge is 0.309 e. The molecule has 0 unspecified atom stereocenters. The maximum atomic E-state index is 14.3. The molecule has 0 saturated carbocycles. The number of amides is 1. The zero-order chi connectivity index (χ0) is 18.2. The van der Waals surface area contributed by atoms with Gasteiger partial charge in [-0.2, -0.15) is 0 Å². The van der Waals surface area contributed by atoms with E-state index in [9.17, 15) is 9.18 Å². The van der Waals surface area contributed by atoms with Crippen LogP contribution in [0.25, 0.3) is 16.9 Å². The van der Waals surface area contributed by atoms with Gasteiger partial charge in [-0.15, -0.1) is 11.6 Å². The van der Waals surface area contributed by atoms with E-state index in [1.165, 1.54) is 6.07 Å². The van der Waals surface area contributed by atoms with Gasteiger partial charge in [-0.3, -0.25) is 9.20 Å². The Morgan fingerprint density at radius 3 is 2.68 bits per heavy atom. The molecule has 0 aliphatic rings. The van der Waals surface area contributed by atoms with E-state index in [-0.39, 0.29) is 11.8 Å². The molecule has 1 N–H and O–H groups in total. The SMILES string of the molecule is Cc1ccc2nc(-c3ccccc3F)c(NC(=O)C(C)(C)CCl)n2c1. The van der Waals surface area contributed by atoms with Crippen LogP contribution in [0.1, 0.15) is 19.4 Å². The molecule has 1 amide bonds. The first-order valence-corrected chi connectivity index (χ1v) is 8.48. The zero-order valence-corrected chi connectivity index (χ0v) is 15.1. The molecule has 2 aromatic heterocycles. The van der Waals surface area contributed by atoms with Crippen LogP contribution in [0.5, 0.6) is 0 Å². The van der Waals surface area contributed by atoms with Crippen LogP contribution in [0.4, 0.5) is 10.2 Å². The van der Waals surface area contributed by atoms with E-state index in [1.807, 2.05) is 25.3 Å². The molecule has 0 aliphatic heterocycles. The summed E-state index contributed by atoms with van der Waals surface area (Å²) in [5, 5.41) is 2.89.